The molecule has 0 aliphatic heterocycles. The topological polar surface area (TPSA) is 18.5 Å². The summed E-state index contributed by atoms with van der Waals surface area (Å²) < 4.78 is 10.4. The van der Waals surface area contributed by atoms with Crippen LogP contribution in [0.4, 0.5) is 0 Å². The molecule has 2 heteroatoms. The molecular weight excluding hydrogens is 188 g/mol. The lowest BCUT2D eigenvalue weighted by molar-refractivity contribution is 0.146. The Morgan fingerprint density at radius 2 is 1.93 bits per heavy atom. The van der Waals surface area contributed by atoms with Crippen molar-refractivity contribution in [3.05, 3.63) is 42.8 Å². The first-order chi connectivity index (χ1) is 7.27. The minimum atomic E-state index is 0.583. The molecule has 1 aromatic rings. The van der Waals surface area contributed by atoms with Crippen LogP contribution < -0.4 is 4.74 Å². The van der Waals surface area contributed by atoms with Crippen LogP contribution in [0, 0.1) is 6.92 Å². The van der Waals surface area contributed by atoms with E-state index in [4.69, 9.17) is 9.47 Å². The molecule has 1 radical (unpaired) electrons. The summed E-state index contributed by atoms with van der Waals surface area (Å²) in [5.74, 6) is 0.868. The Balaban J connectivity index is 2.56. The van der Waals surface area contributed by atoms with Crippen molar-refractivity contribution in [3.8, 4) is 5.75 Å². The summed E-state index contributed by atoms with van der Waals surface area (Å²) in [6.45, 7) is 6.96. The third kappa shape index (κ3) is 3.76. The highest BCUT2D eigenvalue weighted by Crippen LogP contribution is 2.17. The summed E-state index contributed by atoms with van der Waals surface area (Å²) in [5.41, 5.74) is 2.34. The lowest BCUT2D eigenvalue weighted by Crippen LogP contribution is -2.03. The van der Waals surface area contributed by atoms with Crippen LogP contribution in [0.2, 0.25) is 0 Å². The smallest absolute Gasteiger partial charge is 0.119 e. The van der Waals surface area contributed by atoms with Crippen LogP contribution in [-0.4, -0.2) is 20.3 Å². The van der Waals surface area contributed by atoms with Gasteiger partial charge in [-0.1, -0.05) is 18.2 Å². The fourth-order valence-electron chi connectivity index (χ4n) is 1.17. The first kappa shape index (κ1) is 11.8. The minimum Gasteiger partial charge on any atom is -0.491 e. The Morgan fingerprint density at radius 1 is 1.27 bits per heavy atom. The van der Waals surface area contributed by atoms with E-state index in [2.05, 4.69) is 6.92 Å². The normalized spacial score (nSPS) is 11.5. The second-order valence-corrected chi connectivity index (χ2v) is 3.25. The first-order valence-electron chi connectivity index (χ1n) is 4.96. The fraction of sp³-hybridized carbons (Fsp3) is 0.308. The molecule has 81 valence electrons. The van der Waals surface area contributed by atoms with E-state index >= 15 is 0 Å². The molecule has 0 unspecified atom stereocenters. The van der Waals surface area contributed by atoms with Crippen molar-refractivity contribution in [1.29, 1.82) is 0 Å². The van der Waals surface area contributed by atoms with Crippen LogP contribution in [-0.2, 0) is 4.74 Å². The third-order valence-corrected chi connectivity index (χ3v) is 2.17. The Labute approximate surface area is 91.5 Å². The van der Waals surface area contributed by atoms with Crippen LogP contribution in [0.3, 0.4) is 0 Å². The molecule has 0 fully saturated rings. The van der Waals surface area contributed by atoms with Crippen molar-refractivity contribution in [2.75, 3.05) is 20.3 Å². The molecule has 0 N–H and O–H groups in total. The minimum absolute atomic E-state index is 0.583. The Morgan fingerprint density at radius 3 is 2.47 bits per heavy atom. The highest BCUT2D eigenvalue weighted by molar-refractivity contribution is 5.64. The van der Waals surface area contributed by atoms with E-state index in [1.54, 1.807) is 7.11 Å². The molecule has 0 aliphatic carbocycles. The van der Waals surface area contributed by atoms with E-state index in [-0.39, 0.29) is 0 Å². The van der Waals surface area contributed by atoms with Gasteiger partial charge < -0.3 is 9.47 Å². The maximum atomic E-state index is 5.45. The number of allylic oxidation sites excluding steroid dienone is 2. The lowest BCUT2D eigenvalue weighted by atomic mass is 10.1. The molecule has 1 rings (SSSR count). The van der Waals surface area contributed by atoms with Gasteiger partial charge in [0, 0.05) is 7.11 Å². The van der Waals surface area contributed by atoms with E-state index < -0.39 is 0 Å². The van der Waals surface area contributed by atoms with Crippen molar-refractivity contribution in [3.63, 3.8) is 0 Å². The van der Waals surface area contributed by atoms with Gasteiger partial charge in [-0.25, -0.2) is 0 Å². The first-order valence-corrected chi connectivity index (χ1v) is 4.96. The number of hydrogen-bond acceptors (Lipinski definition) is 2. The zero-order valence-corrected chi connectivity index (χ0v) is 9.32. The summed E-state index contributed by atoms with van der Waals surface area (Å²) in [5, 5.41) is 0. The summed E-state index contributed by atoms with van der Waals surface area (Å²) >= 11 is 0. The molecule has 15 heavy (non-hydrogen) atoms. The molecule has 0 amide bonds. The quantitative estimate of drug-likeness (QED) is 0.688. The highest BCUT2D eigenvalue weighted by Gasteiger charge is 1.96. The van der Waals surface area contributed by atoms with Gasteiger partial charge in [-0.3, -0.25) is 0 Å². The maximum absolute atomic E-state index is 5.45. The van der Waals surface area contributed by atoms with E-state index in [1.807, 2.05) is 37.3 Å². The molecular formula is C13H17O2. The number of ether oxygens (including phenoxy) is 2. The molecule has 0 heterocycles. The molecule has 0 atom stereocenters. The molecule has 0 aliphatic rings. The highest BCUT2D eigenvalue weighted by atomic mass is 16.5. The number of benzene rings is 1. The van der Waals surface area contributed by atoms with Gasteiger partial charge in [0.05, 0.1) is 6.61 Å². The molecule has 2 nitrogen and oxygen atoms in total. The van der Waals surface area contributed by atoms with Gasteiger partial charge in [-0.05, 0) is 37.1 Å². The van der Waals surface area contributed by atoms with Crippen molar-refractivity contribution in [2.45, 2.75) is 6.92 Å². The Hall–Kier alpha value is -1.28. The second kappa shape index (κ2) is 6.25. The average Bonchev–Trinajstić information content (AvgIpc) is 2.29. The molecule has 0 spiro atoms. The van der Waals surface area contributed by atoms with Crippen molar-refractivity contribution >= 4 is 5.57 Å². The van der Waals surface area contributed by atoms with E-state index in [0.717, 1.165) is 5.75 Å². The fourth-order valence-corrected chi connectivity index (χ4v) is 1.17. The molecule has 0 aromatic heterocycles. The van der Waals surface area contributed by atoms with Crippen LogP contribution >= 0.6 is 0 Å². The van der Waals surface area contributed by atoms with Gasteiger partial charge in [0.25, 0.3) is 0 Å². The maximum Gasteiger partial charge on any atom is 0.119 e. The molecule has 1 aromatic carbocycles. The zero-order chi connectivity index (χ0) is 11.1. The van der Waals surface area contributed by atoms with Gasteiger partial charge in [0.2, 0.25) is 0 Å². The SMILES string of the molecule is [CH2]C=C(C)c1ccc(OCCOC)cc1. The van der Waals surface area contributed by atoms with Crippen LogP contribution in [0.15, 0.2) is 30.3 Å². The molecule has 0 saturated heterocycles. The second-order valence-electron chi connectivity index (χ2n) is 3.25. The van der Waals surface area contributed by atoms with Gasteiger partial charge in [-0.2, -0.15) is 0 Å². The predicted molar refractivity (Wildman–Crippen MR) is 62.8 cm³/mol. The van der Waals surface area contributed by atoms with E-state index in [0.29, 0.717) is 13.2 Å². The van der Waals surface area contributed by atoms with Crippen LogP contribution in [0.1, 0.15) is 12.5 Å². The lowest BCUT2D eigenvalue weighted by Gasteiger charge is -2.06. The third-order valence-electron chi connectivity index (χ3n) is 2.17. The predicted octanol–water partition coefficient (Wildman–Crippen LogP) is 2.95. The van der Waals surface area contributed by atoms with E-state index in [1.165, 1.54) is 11.1 Å². The molecule has 0 bridgehead atoms. The summed E-state index contributed by atoms with van der Waals surface area (Å²) in [6, 6.07) is 7.97. The Bertz CT molecular complexity index is 312. The van der Waals surface area contributed by atoms with Crippen molar-refractivity contribution < 1.29 is 9.47 Å². The number of rotatable bonds is 5. The standard InChI is InChI=1S/C13H17O2/c1-4-11(2)12-5-7-13(8-6-12)15-10-9-14-3/h4-8H,1,9-10H2,2-3H3. The van der Waals surface area contributed by atoms with Crippen LogP contribution in [0.5, 0.6) is 5.75 Å². The number of hydrogen-bond donors (Lipinski definition) is 0. The molecule has 0 saturated carbocycles. The summed E-state index contributed by atoms with van der Waals surface area (Å²) in [6.07, 6.45) is 1.85. The average molecular weight is 205 g/mol. The number of methoxy groups -OCH3 is 1. The largest absolute Gasteiger partial charge is 0.491 e. The summed E-state index contributed by atoms with van der Waals surface area (Å²) in [4.78, 5) is 0. The van der Waals surface area contributed by atoms with Gasteiger partial charge in [0.15, 0.2) is 0 Å². The van der Waals surface area contributed by atoms with Crippen molar-refractivity contribution in [2.24, 2.45) is 0 Å². The van der Waals surface area contributed by atoms with Gasteiger partial charge in [0.1, 0.15) is 12.4 Å². The Kier molecular flexibility index (Phi) is 4.91. The summed E-state index contributed by atoms with van der Waals surface area (Å²) in [7, 11) is 1.66. The van der Waals surface area contributed by atoms with Crippen molar-refractivity contribution in [1.82, 2.24) is 0 Å². The van der Waals surface area contributed by atoms with E-state index in [9.17, 15) is 0 Å². The monoisotopic (exact) mass is 205 g/mol. The van der Waals surface area contributed by atoms with Crippen LogP contribution in [0.25, 0.3) is 5.57 Å². The zero-order valence-electron chi connectivity index (χ0n) is 9.32. The van der Waals surface area contributed by atoms with Gasteiger partial charge in [-0.15, -0.1) is 0 Å². The van der Waals surface area contributed by atoms with Gasteiger partial charge >= 0.3 is 0 Å².